The van der Waals surface area contributed by atoms with Gasteiger partial charge in [-0.1, -0.05) is 6.92 Å². The molecule has 1 saturated carbocycles. The van der Waals surface area contributed by atoms with Gasteiger partial charge in [-0.15, -0.1) is 0 Å². The maximum Gasteiger partial charge on any atom is 0.222 e. The van der Waals surface area contributed by atoms with Crippen molar-refractivity contribution < 1.29 is 10.2 Å². The number of aromatic nitrogens is 2. The molecule has 2 heterocycles. The third-order valence-electron chi connectivity index (χ3n) is 4.97. The predicted molar refractivity (Wildman–Crippen MR) is 81.0 cm³/mol. The zero-order valence-corrected chi connectivity index (χ0v) is 12.7. The molecule has 116 valence electrons. The van der Waals surface area contributed by atoms with Crippen molar-refractivity contribution in [3.05, 3.63) is 11.3 Å². The average Bonchev–Trinajstić information content (AvgIpc) is 2.81. The number of anilines is 2. The molecule has 2 fully saturated rings. The summed E-state index contributed by atoms with van der Waals surface area (Å²) in [4.78, 5) is 11.0. The fourth-order valence-electron chi connectivity index (χ4n) is 3.86. The van der Waals surface area contributed by atoms with Crippen LogP contribution in [0.3, 0.4) is 0 Å². The Labute approximate surface area is 125 Å². The van der Waals surface area contributed by atoms with Gasteiger partial charge in [0.2, 0.25) is 5.95 Å². The van der Waals surface area contributed by atoms with Gasteiger partial charge in [0.1, 0.15) is 5.82 Å². The van der Waals surface area contributed by atoms with E-state index in [2.05, 4.69) is 21.8 Å². The number of nitrogens with zero attached hydrogens (tertiary/aromatic N) is 3. The van der Waals surface area contributed by atoms with Crippen molar-refractivity contribution in [3.8, 4) is 0 Å². The number of nitrogens with two attached hydrogens (primary N) is 1. The van der Waals surface area contributed by atoms with E-state index < -0.39 is 12.2 Å². The van der Waals surface area contributed by atoms with Crippen LogP contribution in [0.5, 0.6) is 0 Å². The van der Waals surface area contributed by atoms with Crippen LogP contribution in [0.4, 0.5) is 11.8 Å². The quantitative estimate of drug-likeness (QED) is 0.734. The number of aliphatic hydroxyl groups is 2. The Kier molecular flexibility index (Phi) is 3.75. The van der Waals surface area contributed by atoms with E-state index >= 15 is 0 Å². The molecule has 0 unspecified atom stereocenters. The molecule has 1 aliphatic carbocycles. The van der Waals surface area contributed by atoms with Gasteiger partial charge in [-0.25, -0.2) is 4.98 Å². The van der Waals surface area contributed by atoms with Gasteiger partial charge in [0.05, 0.1) is 12.2 Å². The summed E-state index contributed by atoms with van der Waals surface area (Å²) in [7, 11) is 0. The highest BCUT2D eigenvalue weighted by Crippen LogP contribution is 2.39. The lowest BCUT2D eigenvalue weighted by molar-refractivity contribution is -0.0372. The minimum Gasteiger partial charge on any atom is -0.390 e. The average molecular weight is 292 g/mol. The van der Waals surface area contributed by atoms with Crippen LogP contribution in [-0.2, 0) is 6.42 Å². The van der Waals surface area contributed by atoms with Gasteiger partial charge >= 0.3 is 0 Å². The topological polar surface area (TPSA) is 95.5 Å². The molecular formula is C15H24N4O2. The van der Waals surface area contributed by atoms with E-state index in [0.29, 0.717) is 30.6 Å². The van der Waals surface area contributed by atoms with E-state index in [9.17, 15) is 10.2 Å². The lowest BCUT2D eigenvalue weighted by Crippen LogP contribution is -2.38. The smallest absolute Gasteiger partial charge is 0.222 e. The number of fused-ring (bicyclic) bond motifs is 1. The van der Waals surface area contributed by atoms with Crippen LogP contribution in [-0.4, -0.2) is 45.5 Å². The zero-order chi connectivity index (χ0) is 15.1. The van der Waals surface area contributed by atoms with Crippen LogP contribution in [0.2, 0.25) is 0 Å². The highest BCUT2D eigenvalue weighted by molar-refractivity contribution is 5.52. The van der Waals surface area contributed by atoms with E-state index in [4.69, 9.17) is 5.73 Å². The van der Waals surface area contributed by atoms with Crippen molar-refractivity contribution >= 4 is 11.8 Å². The van der Waals surface area contributed by atoms with Gasteiger partial charge in [-0.3, -0.25) is 0 Å². The van der Waals surface area contributed by atoms with Gasteiger partial charge in [-0.2, -0.15) is 4.98 Å². The molecule has 6 nitrogen and oxygen atoms in total. The van der Waals surface area contributed by atoms with Crippen molar-refractivity contribution in [1.82, 2.24) is 9.97 Å². The SMILES string of the molecule is CCc1c(C)nc(N)nc1N1C[C@H]2C[C@H](O)[C@H](O)C[C@H]2C1. The molecule has 1 aliphatic heterocycles. The molecule has 4 N–H and O–H groups in total. The molecule has 0 radical (unpaired) electrons. The first-order valence-electron chi connectivity index (χ1n) is 7.73. The molecular weight excluding hydrogens is 268 g/mol. The number of aliphatic hydroxyl groups excluding tert-OH is 2. The molecule has 0 amide bonds. The van der Waals surface area contributed by atoms with Crippen LogP contribution in [0.15, 0.2) is 0 Å². The van der Waals surface area contributed by atoms with E-state index in [1.165, 1.54) is 0 Å². The Bertz CT molecular complexity index is 519. The first-order valence-corrected chi connectivity index (χ1v) is 7.73. The van der Waals surface area contributed by atoms with Gasteiger partial charge in [0.15, 0.2) is 0 Å². The van der Waals surface area contributed by atoms with E-state index in [-0.39, 0.29) is 0 Å². The molecule has 2 aliphatic rings. The third kappa shape index (κ3) is 2.58. The van der Waals surface area contributed by atoms with Crippen molar-refractivity contribution in [2.24, 2.45) is 11.8 Å². The van der Waals surface area contributed by atoms with Crippen LogP contribution >= 0.6 is 0 Å². The number of rotatable bonds is 2. The monoisotopic (exact) mass is 292 g/mol. The van der Waals surface area contributed by atoms with Crippen LogP contribution in [0.1, 0.15) is 31.0 Å². The number of hydrogen-bond donors (Lipinski definition) is 3. The van der Waals surface area contributed by atoms with Crippen molar-refractivity contribution in [2.45, 2.75) is 45.3 Å². The molecule has 0 spiro atoms. The lowest BCUT2D eigenvalue weighted by Gasteiger charge is -2.31. The second-order valence-electron chi connectivity index (χ2n) is 6.35. The first kappa shape index (κ1) is 14.5. The zero-order valence-electron chi connectivity index (χ0n) is 12.7. The Morgan fingerprint density at radius 1 is 1.14 bits per heavy atom. The summed E-state index contributed by atoms with van der Waals surface area (Å²) in [5.41, 5.74) is 7.89. The Morgan fingerprint density at radius 2 is 1.71 bits per heavy atom. The third-order valence-corrected chi connectivity index (χ3v) is 4.97. The van der Waals surface area contributed by atoms with E-state index in [1.807, 2.05) is 6.92 Å². The minimum absolute atomic E-state index is 0.314. The largest absolute Gasteiger partial charge is 0.390 e. The molecule has 3 rings (SSSR count). The normalized spacial score (nSPS) is 32.3. The van der Waals surface area contributed by atoms with E-state index in [0.717, 1.165) is 36.6 Å². The van der Waals surface area contributed by atoms with Crippen LogP contribution in [0, 0.1) is 18.8 Å². The summed E-state index contributed by atoms with van der Waals surface area (Å²) < 4.78 is 0. The van der Waals surface area contributed by atoms with Gasteiger partial charge in [0, 0.05) is 24.3 Å². The standard InChI is InChI=1S/C15H24N4O2/c1-3-11-8(2)17-15(16)18-14(11)19-6-9-4-12(20)13(21)5-10(9)7-19/h9-10,12-13,20-21H,3-7H2,1-2H3,(H2,16,17,18)/t9-,10+,12+,13-. The molecule has 0 aromatic carbocycles. The first-order chi connectivity index (χ1) is 9.99. The Balaban J connectivity index is 1.86. The summed E-state index contributed by atoms with van der Waals surface area (Å²) >= 11 is 0. The highest BCUT2D eigenvalue weighted by Gasteiger charge is 2.42. The van der Waals surface area contributed by atoms with Crippen molar-refractivity contribution in [3.63, 3.8) is 0 Å². The molecule has 4 atom stereocenters. The fourth-order valence-corrected chi connectivity index (χ4v) is 3.86. The number of hydrogen-bond acceptors (Lipinski definition) is 6. The van der Waals surface area contributed by atoms with Crippen LogP contribution in [0.25, 0.3) is 0 Å². The van der Waals surface area contributed by atoms with E-state index in [1.54, 1.807) is 0 Å². The summed E-state index contributed by atoms with van der Waals surface area (Å²) in [6.45, 7) is 5.81. The fraction of sp³-hybridized carbons (Fsp3) is 0.733. The second kappa shape index (κ2) is 5.42. The van der Waals surface area contributed by atoms with Gasteiger partial charge in [-0.05, 0) is 38.0 Å². The molecule has 0 bridgehead atoms. The molecule has 6 heteroatoms. The second-order valence-corrected chi connectivity index (χ2v) is 6.35. The maximum atomic E-state index is 9.86. The van der Waals surface area contributed by atoms with Crippen molar-refractivity contribution in [2.75, 3.05) is 23.7 Å². The minimum atomic E-state index is -0.589. The summed E-state index contributed by atoms with van der Waals surface area (Å²) in [5.74, 6) is 2.09. The van der Waals surface area contributed by atoms with Gasteiger partial charge in [0.25, 0.3) is 0 Å². The Hall–Kier alpha value is -1.40. The van der Waals surface area contributed by atoms with Gasteiger partial charge < -0.3 is 20.8 Å². The molecule has 1 aromatic heterocycles. The molecule has 1 saturated heterocycles. The van der Waals surface area contributed by atoms with Crippen molar-refractivity contribution in [1.29, 1.82) is 0 Å². The summed E-state index contributed by atoms with van der Waals surface area (Å²) in [6, 6.07) is 0. The van der Waals surface area contributed by atoms with Crippen LogP contribution < -0.4 is 10.6 Å². The maximum absolute atomic E-state index is 9.86. The number of nitrogen functional groups attached to an aromatic ring is 1. The predicted octanol–water partition coefficient (Wildman–Crippen LogP) is 0.498. The molecule has 1 aromatic rings. The number of aryl methyl sites for hydroxylation is 1. The summed E-state index contributed by atoms with van der Waals surface area (Å²) in [5, 5.41) is 19.7. The highest BCUT2D eigenvalue weighted by atomic mass is 16.3. The lowest BCUT2D eigenvalue weighted by atomic mass is 9.79. The summed E-state index contributed by atoms with van der Waals surface area (Å²) in [6.07, 6.45) is 1.04. The Morgan fingerprint density at radius 3 is 2.24 bits per heavy atom. The molecule has 21 heavy (non-hydrogen) atoms.